The standard InChI is InChI=1S/C23H23N3O7S/c1-14-20(15(2)33-25-14)12-31-18-5-3-4-17(10-18)23(28)32-13-22(27)26-9-8-16-11-19(34(24,29)30)6-7-21(16)26/h3-7,10-11H,8-9,12-13H2,1-2H3,(H2,24,29,30). The largest absolute Gasteiger partial charge is 0.489 e. The van der Waals surface area contributed by atoms with Gasteiger partial charge in [0.15, 0.2) is 6.61 Å². The number of fused-ring (bicyclic) bond motifs is 1. The molecule has 0 atom stereocenters. The van der Waals surface area contributed by atoms with Crippen molar-refractivity contribution >= 4 is 27.6 Å². The van der Waals surface area contributed by atoms with Gasteiger partial charge in [-0.15, -0.1) is 0 Å². The lowest BCUT2D eigenvalue weighted by molar-refractivity contribution is -0.121. The molecule has 1 aliphatic heterocycles. The zero-order valence-electron chi connectivity index (χ0n) is 18.6. The second-order valence-corrected chi connectivity index (χ2v) is 9.39. The molecule has 1 amide bonds. The van der Waals surface area contributed by atoms with Gasteiger partial charge in [0.25, 0.3) is 5.91 Å². The highest BCUT2D eigenvalue weighted by atomic mass is 32.2. The number of rotatable bonds is 7. The van der Waals surface area contributed by atoms with Gasteiger partial charge < -0.3 is 18.9 Å². The molecule has 11 heteroatoms. The van der Waals surface area contributed by atoms with Gasteiger partial charge in [-0.1, -0.05) is 11.2 Å². The fraction of sp³-hybridized carbons (Fsp3) is 0.261. The summed E-state index contributed by atoms with van der Waals surface area (Å²) in [5.74, 6) is 0.0391. The van der Waals surface area contributed by atoms with Crippen LogP contribution < -0.4 is 14.8 Å². The van der Waals surface area contributed by atoms with Gasteiger partial charge in [-0.3, -0.25) is 4.79 Å². The van der Waals surface area contributed by atoms with Crippen molar-refractivity contribution in [3.05, 3.63) is 70.6 Å². The van der Waals surface area contributed by atoms with E-state index in [0.717, 1.165) is 11.3 Å². The van der Waals surface area contributed by atoms with E-state index < -0.39 is 28.5 Å². The summed E-state index contributed by atoms with van der Waals surface area (Å²) in [5, 5.41) is 9.05. The van der Waals surface area contributed by atoms with E-state index in [0.29, 0.717) is 35.7 Å². The summed E-state index contributed by atoms with van der Waals surface area (Å²) < 4.78 is 39.1. The Balaban J connectivity index is 1.36. The molecule has 3 aromatic rings. The Hall–Kier alpha value is -3.70. The van der Waals surface area contributed by atoms with Crippen LogP contribution in [0.1, 0.15) is 32.9 Å². The van der Waals surface area contributed by atoms with Crippen molar-refractivity contribution in [1.82, 2.24) is 5.16 Å². The highest BCUT2D eigenvalue weighted by Crippen LogP contribution is 2.30. The van der Waals surface area contributed by atoms with Crippen LogP contribution in [0.2, 0.25) is 0 Å². The molecule has 1 aromatic heterocycles. The van der Waals surface area contributed by atoms with Gasteiger partial charge in [0.2, 0.25) is 10.0 Å². The molecule has 4 rings (SSSR count). The predicted molar refractivity (Wildman–Crippen MR) is 121 cm³/mol. The fourth-order valence-electron chi connectivity index (χ4n) is 3.68. The third-order valence-electron chi connectivity index (χ3n) is 5.54. The Morgan fingerprint density at radius 2 is 1.97 bits per heavy atom. The normalized spacial score (nSPS) is 13.0. The van der Waals surface area contributed by atoms with Crippen molar-refractivity contribution in [2.45, 2.75) is 31.8 Å². The number of nitrogens with two attached hydrogens (primary N) is 1. The third-order valence-corrected chi connectivity index (χ3v) is 6.45. The average molecular weight is 486 g/mol. The van der Waals surface area contributed by atoms with Crippen molar-refractivity contribution in [3.8, 4) is 5.75 Å². The van der Waals surface area contributed by atoms with Crippen LogP contribution in [0.5, 0.6) is 5.75 Å². The van der Waals surface area contributed by atoms with Crippen molar-refractivity contribution in [2.24, 2.45) is 5.14 Å². The van der Waals surface area contributed by atoms with Gasteiger partial charge in [0, 0.05) is 12.2 Å². The maximum atomic E-state index is 12.7. The molecular weight excluding hydrogens is 462 g/mol. The van der Waals surface area contributed by atoms with Crippen molar-refractivity contribution in [2.75, 3.05) is 18.1 Å². The lowest BCUT2D eigenvalue weighted by atomic mass is 10.2. The lowest BCUT2D eigenvalue weighted by Gasteiger charge is -2.17. The summed E-state index contributed by atoms with van der Waals surface area (Å²) in [7, 11) is -3.83. The van der Waals surface area contributed by atoms with Gasteiger partial charge in [-0.2, -0.15) is 0 Å². The Bertz CT molecular complexity index is 1350. The molecule has 0 fully saturated rings. The first-order chi connectivity index (χ1) is 16.1. The number of carbonyl (C=O) groups is 2. The number of ether oxygens (including phenoxy) is 2. The van der Waals surface area contributed by atoms with Gasteiger partial charge >= 0.3 is 5.97 Å². The van der Waals surface area contributed by atoms with Gasteiger partial charge in [0.1, 0.15) is 18.1 Å². The smallest absolute Gasteiger partial charge is 0.338 e. The highest BCUT2D eigenvalue weighted by Gasteiger charge is 2.27. The molecule has 0 saturated heterocycles. The molecule has 0 radical (unpaired) electrons. The number of primary sulfonamides is 1. The first-order valence-corrected chi connectivity index (χ1v) is 12.0. The Labute approximate surface area is 196 Å². The van der Waals surface area contributed by atoms with Crippen LogP contribution in [0.3, 0.4) is 0 Å². The minimum Gasteiger partial charge on any atom is -0.489 e. The summed E-state index contributed by atoms with van der Waals surface area (Å²) in [4.78, 5) is 26.6. The van der Waals surface area contributed by atoms with Crippen molar-refractivity contribution < 1.29 is 32.0 Å². The fourth-order valence-corrected chi connectivity index (χ4v) is 4.24. The van der Waals surface area contributed by atoms with E-state index in [2.05, 4.69) is 5.16 Å². The molecule has 178 valence electrons. The van der Waals surface area contributed by atoms with Gasteiger partial charge in [-0.05, 0) is 62.2 Å². The number of aryl methyl sites for hydroxylation is 2. The topological polar surface area (TPSA) is 142 Å². The zero-order valence-corrected chi connectivity index (χ0v) is 19.4. The van der Waals surface area contributed by atoms with Gasteiger partial charge in [0.05, 0.1) is 21.7 Å². The molecule has 2 heterocycles. The minimum atomic E-state index is -3.83. The van der Waals surface area contributed by atoms with Crippen LogP contribution in [0, 0.1) is 13.8 Å². The second kappa shape index (κ2) is 9.27. The number of aromatic nitrogens is 1. The van der Waals surface area contributed by atoms with E-state index in [4.69, 9.17) is 19.1 Å². The van der Waals surface area contributed by atoms with E-state index in [9.17, 15) is 18.0 Å². The summed E-state index contributed by atoms with van der Waals surface area (Å²) in [6.45, 7) is 3.74. The number of hydrogen-bond acceptors (Lipinski definition) is 8. The molecule has 0 unspecified atom stereocenters. The van der Waals surface area contributed by atoms with E-state index in [1.165, 1.54) is 29.2 Å². The molecule has 1 aliphatic rings. The first kappa shape index (κ1) is 23.5. The van der Waals surface area contributed by atoms with Crippen LogP contribution in [-0.2, 0) is 32.6 Å². The molecule has 0 bridgehead atoms. The summed E-state index contributed by atoms with van der Waals surface area (Å²) in [5.41, 5.74) is 3.07. The molecule has 0 spiro atoms. The molecule has 0 saturated carbocycles. The molecular formula is C23H23N3O7S. The summed E-state index contributed by atoms with van der Waals surface area (Å²) in [6, 6.07) is 10.8. The van der Waals surface area contributed by atoms with E-state index in [1.54, 1.807) is 25.1 Å². The minimum absolute atomic E-state index is 0.0107. The highest BCUT2D eigenvalue weighted by molar-refractivity contribution is 7.89. The van der Waals surface area contributed by atoms with E-state index >= 15 is 0 Å². The summed E-state index contributed by atoms with van der Waals surface area (Å²) in [6.07, 6.45) is 0.475. The van der Waals surface area contributed by atoms with Crippen LogP contribution >= 0.6 is 0 Å². The molecule has 2 N–H and O–H groups in total. The second-order valence-electron chi connectivity index (χ2n) is 7.83. The molecule has 2 aromatic carbocycles. The zero-order chi connectivity index (χ0) is 24.5. The number of anilines is 1. The monoisotopic (exact) mass is 485 g/mol. The molecule has 10 nitrogen and oxygen atoms in total. The van der Waals surface area contributed by atoms with Crippen molar-refractivity contribution in [3.63, 3.8) is 0 Å². The van der Waals surface area contributed by atoms with Crippen LogP contribution in [0.25, 0.3) is 0 Å². The lowest BCUT2D eigenvalue weighted by Crippen LogP contribution is -2.33. The first-order valence-electron chi connectivity index (χ1n) is 10.4. The van der Waals surface area contributed by atoms with Crippen molar-refractivity contribution in [1.29, 1.82) is 0 Å². The number of nitrogens with zero attached hydrogens (tertiary/aromatic N) is 2. The number of amides is 1. The van der Waals surface area contributed by atoms with Gasteiger partial charge in [-0.25, -0.2) is 18.4 Å². The summed E-state index contributed by atoms with van der Waals surface area (Å²) >= 11 is 0. The molecule has 0 aliphatic carbocycles. The number of sulfonamides is 1. The van der Waals surface area contributed by atoms with Crippen LogP contribution in [0.15, 0.2) is 51.9 Å². The number of carbonyl (C=O) groups excluding carboxylic acids is 2. The van der Waals surface area contributed by atoms with E-state index in [-0.39, 0.29) is 17.1 Å². The Kier molecular flexibility index (Phi) is 6.40. The SMILES string of the molecule is Cc1noc(C)c1COc1cccc(C(=O)OCC(=O)N2CCc3cc(S(N)(=O)=O)ccc32)c1. The Morgan fingerprint density at radius 1 is 1.18 bits per heavy atom. The maximum absolute atomic E-state index is 12.7. The van der Waals surface area contributed by atoms with E-state index in [1.807, 2.05) is 6.92 Å². The molecule has 34 heavy (non-hydrogen) atoms. The number of hydrogen-bond donors (Lipinski definition) is 1. The predicted octanol–water partition coefficient (Wildman–Crippen LogP) is 2.26. The average Bonchev–Trinajstić information content (AvgIpc) is 3.37. The number of esters is 1. The number of benzene rings is 2. The van der Waals surface area contributed by atoms with Crippen LogP contribution in [0.4, 0.5) is 5.69 Å². The Morgan fingerprint density at radius 3 is 2.68 bits per heavy atom. The third kappa shape index (κ3) is 4.95. The maximum Gasteiger partial charge on any atom is 0.338 e. The quantitative estimate of drug-likeness (QED) is 0.502. The van der Waals surface area contributed by atoms with Crippen LogP contribution in [-0.4, -0.2) is 38.6 Å².